The lowest BCUT2D eigenvalue weighted by atomic mass is 10.1. The summed E-state index contributed by atoms with van der Waals surface area (Å²) in [4.78, 5) is 16.0. The van der Waals surface area contributed by atoms with Crippen molar-refractivity contribution in [2.45, 2.75) is 32.2 Å². The first-order chi connectivity index (χ1) is 8.27. The number of hydrogen-bond acceptors (Lipinski definition) is 3. The Bertz CT molecular complexity index is 386. The van der Waals surface area contributed by atoms with E-state index in [1.807, 2.05) is 13.0 Å². The zero-order valence-corrected chi connectivity index (χ0v) is 10.2. The van der Waals surface area contributed by atoms with Crippen molar-refractivity contribution in [3.8, 4) is 0 Å². The molecule has 0 spiro atoms. The van der Waals surface area contributed by atoms with E-state index in [1.54, 1.807) is 12.3 Å². The van der Waals surface area contributed by atoms with Crippen LogP contribution in [0.4, 0.5) is 0 Å². The van der Waals surface area contributed by atoms with Gasteiger partial charge in [-0.2, -0.15) is 0 Å². The maximum atomic E-state index is 11.9. The van der Waals surface area contributed by atoms with Crippen molar-refractivity contribution in [1.82, 2.24) is 15.6 Å². The second-order valence-electron chi connectivity index (χ2n) is 4.47. The highest BCUT2D eigenvalue weighted by molar-refractivity contribution is 5.95. The van der Waals surface area contributed by atoms with Gasteiger partial charge in [-0.3, -0.25) is 9.78 Å². The zero-order valence-electron chi connectivity index (χ0n) is 10.2. The molecule has 0 aromatic carbocycles. The van der Waals surface area contributed by atoms with Crippen molar-refractivity contribution in [3.05, 3.63) is 29.6 Å². The zero-order chi connectivity index (χ0) is 12.1. The van der Waals surface area contributed by atoms with Gasteiger partial charge < -0.3 is 10.6 Å². The Labute approximate surface area is 102 Å². The molecule has 17 heavy (non-hydrogen) atoms. The Morgan fingerprint density at radius 1 is 1.65 bits per heavy atom. The van der Waals surface area contributed by atoms with E-state index in [4.69, 9.17) is 0 Å². The van der Waals surface area contributed by atoms with Crippen LogP contribution < -0.4 is 10.6 Å². The molecule has 0 saturated carbocycles. The highest BCUT2D eigenvalue weighted by Gasteiger charge is 2.14. The monoisotopic (exact) mass is 233 g/mol. The number of amides is 1. The summed E-state index contributed by atoms with van der Waals surface area (Å²) < 4.78 is 0. The minimum atomic E-state index is -0.0198. The van der Waals surface area contributed by atoms with Gasteiger partial charge in [-0.05, 0) is 44.9 Å². The molecule has 0 unspecified atom stereocenters. The van der Waals surface area contributed by atoms with Crippen LogP contribution >= 0.6 is 0 Å². The lowest BCUT2D eigenvalue weighted by Gasteiger charge is -2.11. The highest BCUT2D eigenvalue weighted by Crippen LogP contribution is 2.08. The predicted molar refractivity (Wildman–Crippen MR) is 66.9 cm³/mol. The summed E-state index contributed by atoms with van der Waals surface area (Å²) in [6.45, 7) is 3.69. The van der Waals surface area contributed by atoms with E-state index in [2.05, 4.69) is 15.6 Å². The number of rotatable bonds is 4. The molecular formula is C13H19N3O. The van der Waals surface area contributed by atoms with Gasteiger partial charge in [0.05, 0.1) is 5.56 Å². The van der Waals surface area contributed by atoms with Crippen LogP contribution in [-0.4, -0.2) is 30.0 Å². The summed E-state index contributed by atoms with van der Waals surface area (Å²) in [5.41, 5.74) is 1.45. The fraction of sp³-hybridized carbons (Fsp3) is 0.538. The van der Waals surface area contributed by atoms with Gasteiger partial charge in [-0.25, -0.2) is 0 Å². The molecule has 0 aliphatic carbocycles. The van der Waals surface area contributed by atoms with Crippen LogP contribution in [0.2, 0.25) is 0 Å². The molecule has 4 nitrogen and oxygen atoms in total. The smallest absolute Gasteiger partial charge is 0.253 e. The van der Waals surface area contributed by atoms with Gasteiger partial charge in [-0.15, -0.1) is 0 Å². The first-order valence-electron chi connectivity index (χ1n) is 6.20. The van der Waals surface area contributed by atoms with Crippen LogP contribution in [0.1, 0.15) is 35.3 Å². The SMILES string of the molecule is Cc1ncccc1C(=O)NCC[C@H]1CCCN1. The van der Waals surface area contributed by atoms with E-state index in [0.717, 1.165) is 25.2 Å². The minimum Gasteiger partial charge on any atom is -0.352 e. The third-order valence-corrected chi connectivity index (χ3v) is 3.19. The number of aryl methyl sites for hydroxylation is 1. The average molecular weight is 233 g/mol. The summed E-state index contributed by atoms with van der Waals surface area (Å²) >= 11 is 0. The van der Waals surface area contributed by atoms with Crippen LogP contribution in [0.3, 0.4) is 0 Å². The Morgan fingerprint density at radius 2 is 2.53 bits per heavy atom. The molecular weight excluding hydrogens is 214 g/mol. The van der Waals surface area contributed by atoms with Crippen LogP contribution in [0.15, 0.2) is 18.3 Å². The Kier molecular flexibility index (Phi) is 4.09. The van der Waals surface area contributed by atoms with Gasteiger partial charge in [0, 0.05) is 24.5 Å². The van der Waals surface area contributed by atoms with Crippen molar-refractivity contribution in [1.29, 1.82) is 0 Å². The second-order valence-corrected chi connectivity index (χ2v) is 4.47. The lowest BCUT2D eigenvalue weighted by Crippen LogP contribution is -2.31. The first kappa shape index (κ1) is 12.0. The summed E-state index contributed by atoms with van der Waals surface area (Å²) in [6.07, 6.45) is 5.18. The Balaban J connectivity index is 1.79. The fourth-order valence-corrected chi connectivity index (χ4v) is 2.18. The normalized spacial score (nSPS) is 19.2. The molecule has 0 radical (unpaired) electrons. The fourth-order valence-electron chi connectivity index (χ4n) is 2.18. The highest BCUT2D eigenvalue weighted by atomic mass is 16.1. The number of aromatic nitrogens is 1. The van der Waals surface area contributed by atoms with Crippen LogP contribution in [0.25, 0.3) is 0 Å². The maximum absolute atomic E-state index is 11.9. The molecule has 2 heterocycles. The number of hydrogen-bond donors (Lipinski definition) is 2. The Morgan fingerprint density at radius 3 is 3.24 bits per heavy atom. The van der Waals surface area contributed by atoms with Gasteiger partial charge in [0.1, 0.15) is 0 Å². The third-order valence-electron chi connectivity index (χ3n) is 3.19. The lowest BCUT2D eigenvalue weighted by molar-refractivity contribution is 0.0951. The molecule has 1 atom stereocenters. The first-order valence-corrected chi connectivity index (χ1v) is 6.20. The van der Waals surface area contributed by atoms with Crippen LogP contribution in [-0.2, 0) is 0 Å². The molecule has 1 aromatic rings. The van der Waals surface area contributed by atoms with Crippen molar-refractivity contribution < 1.29 is 4.79 Å². The molecule has 2 N–H and O–H groups in total. The van der Waals surface area contributed by atoms with Crippen LogP contribution in [0, 0.1) is 6.92 Å². The largest absolute Gasteiger partial charge is 0.352 e. The molecule has 1 aliphatic heterocycles. The molecule has 1 amide bonds. The number of nitrogens with zero attached hydrogens (tertiary/aromatic N) is 1. The number of carbonyl (C=O) groups is 1. The quantitative estimate of drug-likeness (QED) is 0.823. The summed E-state index contributed by atoms with van der Waals surface area (Å²) in [5, 5.41) is 6.37. The molecule has 2 rings (SSSR count). The molecule has 0 bridgehead atoms. The molecule has 1 aliphatic rings. The van der Waals surface area contributed by atoms with Gasteiger partial charge in [0.25, 0.3) is 5.91 Å². The van der Waals surface area contributed by atoms with Crippen molar-refractivity contribution in [2.75, 3.05) is 13.1 Å². The predicted octanol–water partition coefficient (Wildman–Crippen LogP) is 1.26. The molecule has 1 fully saturated rings. The summed E-state index contributed by atoms with van der Waals surface area (Å²) in [6, 6.07) is 4.18. The summed E-state index contributed by atoms with van der Waals surface area (Å²) in [7, 11) is 0. The maximum Gasteiger partial charge on any atom is 0.253 e. The van der Waals surface area contributed by atoms with Crippen LogP contribution in [0.5, 0.6) is 0 Å². The van der Waals surface area contributed by atoms with Gasteiger partial charge in [0.2, 0.25) is 0 Å². The van der Waals surface area contributed by atoms with E-state index in [1.165, 1.54) is 12.8 Å². The molecule has 4 heteroatoms. The van der Waals surface area contributed by atoms with E-state index in [9.17, 15) is 4.79 Å². The van der Waals surface area contributed by atoms with Crippen molar-refractivity contribution in [3.63, 3.8) is 0 Å². The van der Waals surface area contributed by atoms with Gasteiger partial charge in [0.15, 0.2) is 0 Å². The van der Waals surface area contributed by atoms with Gasteiger partial charge >= 0.3 is 0 Å². The Hall–Kier alpha value is -1.42. The molecule has 1 aromatic heterocycles. The molecule has 92 valence electrons. The molecule has 1 saturated heterocycles. The van der Waals surface area contributed by atoms with E-state index in [-0.39, 0.29) is 5.91 Å². The number of nitrogens with one attached hydrogen (secondary N) is 2. The minimum absolute atomic E-state index is 0.0198. The van der Waals surface area contributed by atoms with Crippen molar-refractivity contribution in [2.24, 2.45) is 0 Å². The second kappa shape index (κ2) is 5.77. The van der Waals surface area contributed by atoms with E-state index < -0.39 is 0 Å². The number of carbonyl (C=O) groups excluding carboxylic acids is 1. The summed E-state index contributed by atoms with van der Waals surface area (Å²) in [5.74, 6) is -0.0198. The average Bonchev–Trinajstić information content (AvgIpc) is 2.82. The third kappa shape index (κ3) is 3.27. The topological polar surface area (TPSA) is 54.0 Å². The number of pyridine rings is 1. The van der Waals surface area contributed by atoms with Crippen molar-refractivity contribution >= 4 is 5.91 Å². The van der Waals surface area contributed by atoms with E-state index in [0.29, 0.717) is 11.6 Å². The van der Waals surface area contributed by atoms with Gasteiger partial charge in [-0.1, -0.05) is 0 Å². The standard InChI is InChI=1S/C13H19N3O/c1-10-12(5-3-7-14-10)13(17)16-9-6-11-4-2-8-15-11/h3,5,7,11,15H,2,4,6,8-9H2,1H3,(H,16,17)/t11-/m1/s1. The van der Waals surface area contributed by atoms with E-state index >= 15 is 0 Å².